The number of nitrogens with one attached hydrogen (secondary N) is 1. The van der Waals surface area contributed by atoms with E-state index in [1.54, 1.807) is 0 Å². The third-order valence-corrected chi connectivity index (χ3v) is 5.21. The van der Waals surface area contributed by atoms with Gasteiger partial charge in [-0.05, 0) is 6.92 Å². The molecule has 2 aromatic rings. The van der Waals surface area contributed by atoms with Crippen LogP contribution in [0.25, 0.3) is 0 Å². The number of anilines is 1. The van der Waals surface area contributed by atoms with Crippen LogP contribution >= 0.6 is 35.5 Å². The monoisotopic (exact) mass is 490 g/mol. The van der Waals surface area contributed by atoms with Crippen LogP contribution in [0, 0.1) is 6.92 Å². The van der Waals surface area contributed by atoms with E-state index in [0.717, 1.165) is 68.4 Å². The second-order valence-electron chi connectivity index (χ2n) is 5.96. The fraction of sp³-hybridized carbons (Fsp3) is 0.625. The van der Waals surface area contributed by atoms with Gasteiger partial charge in [-0.25, -0.2) is 9.97 Å². The molecule has 144 valence electrons. The molecule has 0 spiro atoms. The molecule has 0 aromatic carbocycles. The Bertz CT molecular complexity index is 705. The number of halogens is 1. The van der Waals surface area contributed by atoms with E-state index in [2.05, 4.69) is 45.9 Å². The predicted molar refractivity (Wildman–Crippen MR) is 117 cm³/mol. The molecule has 3 rings (SSSR count). The van der Waals surface area contributed by atoms with Crippen molar-refractivity contribution in [3.8, 4) is 0 Å². The average Bonchev–Trinajstić information content (AvgIpc) is 3.28. The van der Waals surface area contributed by atoms with Crippen molar-refractivity contribution < 1.29 is 0 Å². The van der Waals surface area contributed by atoms with Gasteiger partial charge in [0.15, 0.2) is 5.96 Å². The molecule has 0 aliphatic carbocycles. The van der Waals surface area contributed by atoms with Gasteiger partial charge in [-0.2, -0.15) is 4.37 Å². The molecule has 3 heterocycles. The summed E-state index contributed by atoms with van der Waals surface area (Å²) in [5.74, 6) is 2.94. The molecule has 0 bridgehead atoms. The summed E-state index contributed by atoms with van der Waals surface area (Å²) in [4.78, 5) is 17.9. The van der Waals surface area contributed by atoms with Crippen molar-refractivity contribution in [2.75, 3.05) is 44.7 Å². The van der Waals surface area contributed by atoms with Crippen molar-refractivity contribution in [2.45, 2.75) is 26.8 Å². The van der Waals surface area contributed by atoms with E-state index in [1.165, 1.54) is 11.5 Å². The summed E-state index contributed by atoms with van der Waals surface area (Å²) in [6, 6.07) is 0. The maximum Gasteiger partial charge on any atom is 0.205 e. The Kier molecular flexibility index (Phi) is 8.07. The molecule has 1 fully saturated rings. The van der Waals surface area contributed by atoms with Crippen LogP contribution < -0.4 is 10.2 Å². The molecule has 2 aromatic heterocycles. The Hall–Kier alpha value is -1.43. The largest absolute Gasteiger partial charge is 0.354 e. The SMILES string of the molecule is CCc1nsc(N2CCN(C(=NC)NCCn3ccnc3C)CC2)n1.I. The Balaban J connectivity index is 0.00000243. The molecule has 0 amide bonds. The fourth-order valence-electron chi connectivity index (χ4n) is 2.89. The van der Waals surface area contributed by atoms with Crippen LogP contribution in [0.4, 0.5) is 5.13 Å². The number of guanidine groups is 1. The van der Waals surface area contributed by atoms with Gasteiger partial charge < -0.3 is 19.7 Å². The van der Waals surface area contributed by atoms with Gasteiger partial charge in [0.25, 0.3) is 0 Å². The minimum Gasteiger partial charge on any atom is -0.354 e. The molecule has 1 saturated heterocycles. The first-order valence-corrected chi connectivity index (χ1v) is 9.49. The molecular weight excluding hydrogens is 463 g/mol. The first-order valence-electron chi connectivity index (χ1n) is 8.72. The minimum absolute atomic E-state index is 0. The molecule has 10 heteroatoms. The van der Waals surface area contributed by atoms with Gasteiger partial charge in [0, 0.05) is 76.7 Å². The lowest BCUT2D eigenvalue weighted by Crippen LogP contribution is -2.52. The van der Waals surface area contributed by atoms with E-state index < -0.39 is 0 Å². The smallest absolute Gasteiger partial charge is 0.205 e. The summed E-state index contributed by atoms with van der Waals surface area (Å²) in [6.07, 6.45) is 4.73. The maximum atomic E-state index is 4.59. The van der Waals surface area contributed by atoms with Crippen molar-refractivity contribution >= 4 is 46.6 Å². The molecule has 1 aliphatic heterocycles. The molecule has 0 unspecified atom stereocenters. The highest BCUT2D eigenvalue weighted by atomic mass is 127. The molecule has 0 saturated carbocycles. The molecule has 0 atom stereocenters. The summed E-state index contributed by atoms with van der Waals surface area (Å²) in [7, 11) is 1.84. The van der Waals surface area contributed by atoms with Crippen LogP contribution in [0.1, 0.15) is 18.6 Å². The molecular formula is C16H27IN8S. The number of aryl methyl sites for hydroxylation is 2. The van der Waals surface area contributed by atoms with Crippen molar-refractivity contribution in [1.29, 1.82) is 0 Å². The molecule has 8 nitrogen and oxygen atoms in total. The number of nitrogens with zero attached hydrogens (tertiary/aromatic N) is 7. The van der Waals surface area contributed by atoms with Crippen LogP contribution in [0.5, 0.6) is 0 Å². The molecule has 1 N–H and O–H groups in total. The number of imidazole rings is 1. The van der Waals surface area contributed by atoms with E-state index >= 15 is 0 Å². The second-order valence-corrected chi connectivity index (χ2v) is 6.69. The number of aromatic nitrogens is 4. The Labute approximate surface area is 175 Å². The van der Waals surface area contributed by atoms with Crippen molar-refractivity contribution in [2.24, 2.45) is 4.99 Å². The highest BCUT2D eigenvalue weighted by molar-refractivity contribution is 14.0. The summed E-state index contributed by atoms with van der Waals surface area (Å²) in [6.45, 7) is 9.58. The lowest BCUT2D eigenvalue weighted by molar-refractivity contribution is 0.371. The maximum absolute atomic E-state index is 4.59. The lowest BCUT2D eigenvalue weighted by Gasteiger charge is -2.36. The van der Waals surface area contributed by atoms with E-state index in [9.17, 15) is 0 Å². The quantitative estimate of drug-likeness (QED) is 0.390. The van der Waals surface area contributed by atoms with Crippen LogP contribution in [0.3, 0.4) is 0 Å². The first kappa shape index (κ1) is 20.9. The zero-order valence-electron chi connectivity index (χ0n) is 15.6. The van der Waals surface area contributed by atoms with E-state index in [1.807, 2.05) is 26.4 Å². The van der Waals surface area contributed by atoms with Crippen molar-refractivity contribution in [3.63, 3.8) is 0 Å². The number of rotatable bonds is 5. The van der Waals surface area contributed by atoms with Gasteiger partial charge in [0.05, 0.1) is 0 Å². The molecule has 1 aliphatic rings. The van der Waals surface area contributed by atoms with Gasteiger partial charge >= 0.3 is 0 Å². The van der Waals surface area contributed by atoms with Crippen LogP contribution in [0.15, 0.2) is 17.4 Å². The highest BCUT2D eigenvalue weighted by Crippen LogP contribution is 2.19. The fourth-order valence-corrected chi connectivity index (χ4v) is 3.69. The standard InChI is InChI=1S/C16H26N8S.HI/c1-4-14-20-16(25-21-14)24-11-9-23(10-12-24)15(17-3)19-6-8-22-7-5-18-13(22)2;/h5,7H,4,6,8-12H2,1-3H3,(H,17,19);1H. The normalized spacial score (nSPS) is 15.1. The van der Waals surface area contributed by atoms with Crippen LogP contribution in [-0.2, 0) is 13.0 Å². The van der Waals surface area contributed by atoms with Gasteiger partial charge in [-0.3, -0.25) is 4.99 Å². The van der Waals surface area contributed by atoms with Crippen molar-refractivity contribution in [1.82, 2.24) is 29.1 Å². The van der Waals surface area contributed by atoms with Crippen LogP contribution in [0.2, 0.25) is 0 Å². The van der Waals surface area contributed by atoms with E-state index in [0.29, 0.717) is 0 Å². The second kappa shape index (κ2) is 10.0. The third-order valence-electron chi connectivity index (χ3n) is 4.39. The van der Waals surface area contributed by atoms with Crippen molar-refractivity contribution in [3.05, 3.63) is 24.0 Å². The summed E-state index contributed by atoms with van der Waals surface area (Å²) >= 11 is 1.50. The zero-order chi connectivity index (χ0) is 17.6. The number of hydrogen-bond acceptors (Lipinski definition) is 6. The van der Waals surface area contributed by atoms with Gasteiger partial charge in [0.1, 0.15) is 11.6 Å². The third kappa shape index (κ3) is 5.06. The summed E-state index contributed by atoms with van der Waals surface area (Å²) in [5, 5.41) is 4.49. The molecule has 0 radical (unpaired) electrons. The Morgan fingerprint density at radius 2 is 2.08 bits per heavy atom. The van der Waals surface area contributed by atoms with E-state index in [4.69, 9.17) is 0 Å². The topological polar surface area (TPSA) is 74.5 Å². The highest BCUT2D eigenvalue weighted by Gasteiger charge is 2.21. The number of aliphatic imine (C=N–C) groups is 1. The van der Waals surface area contributed by atoms with Crippen LogP contribution in [-0.4, -0.2) is 69.5 Å². The average molecular weight is 490 g/mol. The zero-order valence-corrected chi connectivity index (χ0v) is 18.7. The van der Waals surface area contributed by atoms with E-state index in [-0.39, 0.29) is 24.0 Å². The summed E-state index contributed by atoms with van der Waals surface area (Å²) < 4.78 is 6.52. The van der Waals surface area contributed by atoms with Gasteiger partial charge in [-0.15, -0.1) is 24.0 Å². The number of hydrogen-bond donors (Lipinski definition) is 1. The molecule has 26 heavy (non-hydrogen) atoms. The lowest BCUT2D eigenvalue weighted by atomic mass is 10.3. The Morgan fingerprint density at radius 3 is 2.65 bits per heavy atom. The minimum atomic E-state index is 0. The van der Waals surface area contributed by atoms with Gasteiger partial charge in [0.2, 0.25) is 5.13 Å². The first-order chi connectivity index (χ1) is 12.2. The summed E-state index contributed by atoms with van der Waals surface area (Å²) in [5.41, 5.74) is 0. The number of piperazine rings is 1. The van der Waals surface area contributed by atoms with Gasteiger partial charge in [-0.1, -0.05) is 6.92 Å². The predicted octanol–water partition coefficient (Wildman–Crippen LogP) is 1.62. The Morgan fingerprint density at radius 1 is 1.31 bits per heavy atom.